The molecule has 3 amide bonds. The second-order valence-corrected chi connectivity index (χ2v) is 9.27. The molecule has 6 nitrogen and oxygen atoms in total. The lowest BCUT2D eigenvalue weighted by Gasteiger charge is -2.36. The third-order valence-electron chi connectivity index (χ3n) is 7.11. The molecule has 1 spiro atoms. The van der Waals surface area contributed by atoms with Crippen molar-refractivity contribution in [2.75, 3.05) is 16.8 Å². The highest BCUT2D eigenvalue weighted by molar-refractivity contribution is 6.38. The van der Waals surface area contributed by atoms with Gasteiger partial charge in [-0.15, -0.1) is 0 Å². The number of hydrogen-bond donors (Lipinski definition) is 1. The van der Waals surface area contributed by atoms with Gasteiger partial charge in [0.2, 0.25) is 17.7 Å². The van der Waals surface area contributed by atoms with Crippen LogP contribution in [0, 0.1) is 17.7 Å². The van der Waals surface area contributed by atoms with E-state index in [0.29, 0.717) is 29.2 Å². The molecule has 0 bridgehead atoms. The number of nitrogens with one attached hydrogen (secondary N) is 1. The molecule has 0 aromatic heterocycles. The average Bonchev–Trinajstić information content (AvgIpc) is 3.42. The Balaban J connectivity index is 1.57. The Bertz CT molecular complexity index is 1200. The average molecular weight is 460 g/mol. The van der Waals surface area contributed by atoms with Gasteiger partial charge in [0.15, 0.2) is 0 Å². The summed E-state index contributed by atoms with van der Waals surface area (Å²) in [5.74, 6) is -3.44. The topological polar surface area (TPSA) is 69.7 Å². The van der Waals surface area contributed by atoms with Crippen LogP contribution in [-0.4, -0.2) is 35.2 Å². The number of imide groups is 1. The van der Waals surface area contributed by atoms with Gasteiger partial charge >= 0.3 is 0 Å². The summed E-state index contributed by atoms with van der Waals surface area (Å²) >= 11 is 12.3. The zero-order chi connectivity index (χ0) is 21.7. The number of carbonyl (C=O) groups excluding carboxylic acids is 3. The highest BCUT2D eigenvalue weighted by Gasteiger charge is 2.74. The fourth-order valence-corrected chi connectivity index (χ4v) is 6.57. The fourth-order valence-electron chi connectivity index (χ4n) is 6.08. The first kappa shape index (κ1) is 19.2. The molecule has 6 rings (SSSR count). The Morgan fingerprint density at radius 2 is 1.87 bits per heavy atom. The largest absolute Gasteiger partial charge is 0.324 e. The Morgan fingerprint density at radius 3 is 2.65 bits per heavy atom. The van der Waals surface area contributed by atoms with Crippen LogP contribution < -0.4 is 10.2 Å². The van der Waals surface area contributed by atoms with Crippen molar-refractivity contribution in [3.05, 3.63) is 57.8 Å². The van der Waals surface area contributed by atoms with Crippen LogP contribution in [0.5, 0.6) is 0 Å². The molecule has 4 atom stereocenters. The van der Waals surface area contributed by atoms with Crippen molar-refractivity contribution in [2.45, 2.75) is 24.4 Å². The molecule has 2 aromatic carbocycles. The summed E-state index contributed by atoms with van der Waals surface area (Å²) in [5, 5.41) is 3.37. The fraction of sp³-hybridized carbons (Fsp3) is 0.318. The molecule has 4 aliphatic rings. The van der Waals surface area contributed by atoms with E-state index < -0.39 is 35.0 Å². The van der Waals surface area contributed by atoms with E-state index in [0.717, 1.165) is 11.3 Å². The molecule has 1 N–H and O–H groups in total. The van der Waals surface area contributed by atoms with Crippen LogP contribution in [0.1, 0.15) is 18.4 Å². The van der Waals surface area contributed by atoms with Gasteiger partial charge in [-0.05, 0) is 55.8 Å². The Kier molecular flexibility index (Phi) is 3.89. The summed E-state index contributed by atoms with van der Waals surface area (Å²) in [6.45, 7) is 0.559. The van der Waals surface area contributed by atoms with Gasteiger partial charge in [0.25, 0.3) is 0 Å². The van der Waals surface area contributed by atoms with Gasteiger partial charge in [-0.1, -0.05) is 23.2 Å². The van der Waals surface area contributed by atoms with Gasteiger partial charge in [-0.25, -0.2) is 9.29 Å². The minimum atomic E-state index is -1.41. The van der Waals surface area contributed by atoms with E-state index in [2.05, 4.69) is 5.32 Å². The lowest BCUT2D eigenvalue weighted by molar-refractivity contribution is -0.135. The smallest absolute Gasteiger partial charge is 0.250 e. The summed E-state index contributed by atoms with van der Waals surface area (Å²) in [5.41, 5.74) is -0.278. The van der Waals surface area contributed by atoms with Crippen LogP contribution >= 0.6 is 23.2 Å². The van der Waals surface area contributed by atoms with Crippen molar-refractivity contribution in [3.63, 3.8) is 0 Å². The Morgan fingerprint density at radius 1 is 1.06 bits per heavy atom. The van der Waals surface area contributed by atoms with Gasteiger partial charge in [-0.2, -0.15) is 0 Å². The van der Waals surface area contributed by atoms with E-state index in [1.165, 1.54) is 30.3 Å². The zero-order valence-electron chi connectivity index (χ0n) is 16.1. The molecule has 9 heteroatoms. The molecular formula is C22H16Cl2FN3O3. The highest BCUT2D eigenvalue weighted by atomic mass is 35.5. The molecule has 0 radical (unpaired) electrons. The van der Waals surface area contributed by atoms with Crippen LogP contribution in [-0.2, 0) is 19.9 Å². The number of halogens is 3. The summed E-state index contributed by atoms with van der Waals surface area (Å²) in [7, 11) is 0. The number of rotatable bonds is 1. The van der Waals surface area contributed by atoms with Gasteiger partial charge in [0.05, 0.1) is 22.5 Å². The molecule has 3 saturated heterocycles. The minimum absolute atomic E-state index is 0.175. The van der Waals surface area contributed by atoms with E-state index in [1.54, 1.807) is 6.07 Å². The zero-order valence-corrected chi connectivity index (χ0v) is 17.6. The first-order valence-corrected chi connectivity index (χ1v) is 10.8. The minimum Gasteiger partial charge on any atom is -0.324 e. The van der Waals surface area contributed by atoms with Crippen molar-refractivity contribution >= 4 is 52.3 Å². The maximum atomic E-state index is 14.3. The Labute approximate surface area is 186 Å². The summed E-state index contributed by atoms with van der Waals surface area (Å²) in [6.07, 6.45) is 1.47. The summed E-state index contributed by atoms with van der Waals surface area (Å²) in [6, 6.07) is 8.36. The molecule has 0 unspecified atom stereocenters. The van der Waals surface area contributed by atoms with E-state index in [9.17, 15) is 18.8 Å². The number of hydrogen-bond acceptors (Lipinski definition) is 4. The third-order valence-corrected chi connectivity index (χ3v) is 7.64. The number of fused-ring (bicyclic) bond motifs is 7. The number of benzene rings is 2. The van der Waals surface area contributed by atoms with Crippen molar-refractivity contribution < 1.29 is 18.8 Å². The molecule has 31 heavy (non-hydrogen) atoms. The molecular weight excluding hydrogens is 444 g/mol. The molecule has 3 fully saturated rings. The first-order chi connectivity index (χ1) is 14.9. The third kappa shape index (κ3) is 2.24. The lowest BCUT2D eigenvalue weighted by Crippen LogP contribution is -2.54. The number of amides is 3. The maximum Gasteiger partial charge on any atom is 0.250 e. The second kappa shape index (κ2) is 6.28. The van der Waals surface area contributed by atoms with Crippen LogP contribution in [0.4, 0.5) is 15.8 Å². The molecule has 2 aromatic rings. The van der Waals surface area contributed by atoms with Gasteiger partial charge in [0.1, 0.15) is 11.4 Å². The van der Waals surface area contributed by atoms with Gasteiger partial charge < -0.3 is 5.32 Å². The summed E-state index contributed by atoms with van der Waals surface area (Å²) < 4.78 is 14.3. The van der Waals surface area contributed by atoms with Gasteiger partial charge in [0, 0.05) is 22.3 Å². The first-order valence-electron chi connectivity index (χ1n) is 10.1. The van der Waals surface area contributed by atoms with Crippen molar-refractivity contribution in [3.8, 4) is 0 Å². The van der Waals surface area contributed by atoms with Crippen LogP contribution in [0.2, 0.25) is 10.0 Å². The second-order valence-electron chi connectivity index (χ2n) is 8.42. The van der Waals surface area contributed by atoms with Crippen LogP contribution in [0.25, 0.3) is 0 Å². The van der Waals surface area contributed by atoms with Crippen molar-refractivity contribution in [1.29, 1.82) is 0 Å². The van der Waals surface area contributed by atoms with Crippen LogP contribution in [0.15, 0.2) is 36.4 Å². The SMILES string of the molecule is O=C1[C@@H]2[C@@H]3CCCN3[C@]3(C(=O)Nc4ccc(F)cc43)[C@H]2C(=O)N1c1ccc(Cl)cc1Cl. The number of carbonyl (C=O) groups is 3. The maximum absolute atomic E-state index is 14.3. The van der Waals surface area contributed by atoms with E-state index >= 15 is 0 Å². The van der Waals surface area contributed by atoms with Crippen LogP contribution in [0.3, 0.4) is 0 Å². The number of anilines is 2. The molecule has 0 saturated carbocycles. The van der Waals surface area contributed by atoms with E-state index in [1.807, 2.05) is 4.90 Å². The van der Waals surface area contributed by atoms with Crippen molar-refractivity contribution in [2.24, 2.45) is 11.8 Å². The molecule has 0 aliphatic carbocycles. The highest BCUT2D eigenvalue weighted by Crippen LogP contribution is 2.61. The summed E-state index contributed by atoms with van der Waals surface area (Å²) in [4.78, 5) is 43.8. The molecule has 4 heterocycles. The van der Waals surface area contributed by atoms with Gasteiger partial charge in [-0.3, -0.25) is 19.3 Å². The normalized spacial score (nSPS) is 31.4. The molecule has 158 valence electrons. The van der Waals surface area contributed by atoms with E-state index in [-0.39, 0.29) is 22.7 Å². The van der Waals surface area contributed by atoms with E-state index in [4.69, 9.17) is 23.2 Å². The predicted molar refractivity (Wildman–Crippen MR) is 112 cm³/mol. The monoisotopic (exact) mass is 459 g/mol. The lowest BCUT2D eigenvalue weighted by atomic mass is 9.75. The number of nitrogens with zero attached hydrogens (tertiary/aromatic N) is 2. The molecule has 4 aliphatic heterocycles. The standard InChI is InChI=1S/C22H16Cl2FN3O3/c23-10-3-6-15(13(24)8-10)28-19(29)17-16-2-1-7-27(16)22(18(17)20(28)30)12-9-11(25)4-5-14(12)26-21(22)31/h3-6,8-9,16-18H,1-2,7H2,(H,26,31)/t16-,17+,18+,22-/m0/s1. The predicted octanol–water partition coefficient (Wildman–Crippen LogP) is 3.56. The van der Waals surface area contributed by atoms with Crippen molar-refractivity contribution in [1.82, 2.24) is 4.90 Å². The Hall–Kier alpha value is -2.48. The quantitative estimate of drug-likeness (QED) is 0.661.